The maximum atomic E-state index is 7.23. The molecule has 0 atom stereocenters. The molecule has 7 rings (SSSR count). The zero-order valence-corrected chi connectivity index (χ0v) is 26.2. The summed E-state index contributed by atoms with van der Waals surface area (Å²) in [5.74, 6) is 0.714. The van der Waals surface area contributed by atoms with Crippen molar-refractivity contribution in [1.29, 1.82) is 0 Å². The molecule has 0 unspecified atom stereocenters. The minimum absolute atomic E-state index is 0. The van der Waals surface area contributed by atoms with Crippen molar-refractivity contribution in [1.82, 2.24) is 9.97 Å². The first kappa shape index (κ1) is 24.4. The average molecular weight is 720 g/mol. The molecule has 0 N–H and O–H groups in total. The monoisotopic (exact) mass is 720 g/mol. The normalized spacial score (nSPS) is 14.4. The smallest absolute Gasteiger partial charge is 0.120 e. The molecule has 0 saturated heterocycles. The van der Waals surface area contributed by atoms with E-state index < -0.39 is 14.9 Å². The summed E-state index contributed by atoms with van der Waals surface area (Å²) in [5.41, 5.74) is 7.01. The zero-order chi connectivity index (χ0) is 29.5. The Morgan fingerprint density at radius 1 is 0.875 bits per heavy atom. The number of aryl methyl sites for hydroxylation is 1. The van der Waals surface area contributed by atoms with E-state index in [0.717, 1.165) is 39.1 Å². The van der Waals surface area contributed by atoms with Crippen LogP contribution in [0.3, 0.4) is 0 Å². The largest absolute Gasteiger partial charge is 0.501 e. The SMILES string of the molecule is C[Si](C)(C)c1ccc2oc3c(-c4cc(C5CC5)ccn4)[c-]ccc3c2c1.[2H]C([2H])([2H])c1ccc(-c2[c-]cccc2)nc1.[Ir]. The number of nitrogens with zero attached hydrogens (tertiary/aromatic N) is 2. The molecule has 203 valence electrons. The third-order valence-corrected chi connectivity index (χ3v) is 9.18. The topological polar surface area (TPSA) is 38.9 Å². The third-order valence-electron chi connectivity index (χ3n) is 7.13. The summed E-state index contributed by atoms with van der Waals surface area (Å²) in [6, 6.07) is 32.3. The molecular weight excluding hydrogens is 685 g/mol. The van der Waals surface area contributed by atoms with Crippen LogP contribution in [0.2, 0.25) is 19.6 Å². The second kappa shape index (κ2) is 11.6. The standard InChI is InChI=1S/C23H22NOSi.C12H10N.Ir/c1-26(2,3)17-9-10-22-20(14-17)18-5-4-6-19(23(18)25-22)21-13-16(11-12-24-21)15-7-8-15;1-10-7-8-12(13-9-10)11-5-3-2-4-6-11;/h4-5,9-15H,7-8H2,1-3H3;2-5,7-9H,1H3;/q2*-1;/i;1D3;. The minimum atomic E-state index is -2.09. The van der Waals surface area contributed by atoms with E-state index in [4.69, 9.17) is 8.53 Å². The van der Waals surface area contributed by atoms with Gasteiger partial charge in [-0.3, -0.25) is 0 Å². The molecule has 1 aliphatic rings. The van der Waals surface area contributed by atoms with E-state index in [-0.39, 0.29) is 25.7 Å². The number of hydrogen-bond donors (Lipinski definition) is 0. The van der Waals surface area contributed by atoms with E-state index in [9.17, 15) is 0 Å². The molecule has 1 saturated carbocycles. The van der Waals surface area contributed by atoms with E-state index >= 15 is 0 Å². The Morgan fingerprint density at radius 2 is 1.75 bits per heavy atom. The van der Waals surface area contributed by atoms with Crippen molar-refractivity contribution in [2.45, 2.75) is 45.3 Å². The predicted octanol–water partition coefficient (Wildman–Crippen LogP) is 8.73. The quantitative estimate of drug-likeness (QED) is 0.135. The van der Waals surface area contributed by atoms with Gasteiger partial charge in [-0.1, -0.05) is 71.7 Å². The zero-order valence-electron chi connectivity index (χ0n) is 25.8. The summed E-state index contributed by atoms with van der Waals surface area (Å²) < 4.78 is 28.0. The van der Waals surface area contributed by atoms with Gasteiger partial charge in [-0.05, 0) is 54.7 Å². The molecule has 6 aromatic rings. The Kier molecular flexibility index (Phi) is 7.10. The molecule has 3 aromatic heterocycles. The van der Waals surface area contributed by atoms with E-state index in [1.54, 1.807) is 18.2 Å². The van der Waals surface area contributed by atoms with E-state index in [0.29, 0.717) is 5.92 Å². The molecule has 1 radical (unpaired) electrons. The molecule has 40 heavy (non-hydrogen) atoms. The van der Waals surface area contributed by atoms with Crippen molar-refractivity contribution in [2.75, 3.05) is 0 Å². The number of hydrogen-bond acceptors (Lipinski definition) is 3. The number of pyridine rings is 2. The van der Waals surface area contributed by atoms with E-state index in [2.05, 4.69) is 78.1 Å². The number of aromatic nitrogens is 2. The molecule has 0 spiro atoms. The van der Waals surface area contributed by atoms with Crippen molar-refractivity contribution < 1.29 is 28.6 Å². The van der Waals surface area contributed by atoms with Gasteiger partial charge in [-0.25, -0.2) is 0 Å². The van der Waals surface area contributed by atoms with Crippen LogP contribution in [0.5, 0.6) is 0 Å². The number of fused-ring (bicyclic) bond motifs is 3. The van der Waals surface area contributed by atoms with Gasteiger partial charge in [0.15, 0.2) is 0 Å². The van der Waals surface area contributed by atoms with Gasteiger partial charge in [0, 0.05) is 42.0 Å². The van der Waals surface area contributed by atoms with Gasteiger partial charge < -0.3 is 14.4 Å². The van der Waals surface area contributed by atoms with Gasteiger partial charge in [0.1, 0.15) is 5.58 Å². The fraction of sp³-hybridized carbons (Fsp3) is 0.200. The Hall–Kier alpha value is -3.37. The molecule has 0 amide bonds. The molecule has 1 fully saturated rings. The second-order valence-electron chi connectivity index (χ2n) is 11.1. The average Bonchev–Trinajstić information content (AvgIpc) is 3.77. The number of benzene rings is 3. The van der Waals surface area contributed by atoms with Crippen LogP contribution in [-0.2, 0) is 20.1 Å². The van der Waals surface area contributed by atoms with Crippen LogP contribution in [0.15, 0.2) is 95.7 Å². The van der Waals surface area contributed by atoms with Crippen LogP contribution < -0.4 is 5.19 Å². The second-order valence-corrected chi connectivity index (χ2v) is 16.2. The maximum absolute atomic E-state index is 7.23. The van der Waals surface area contributed by atoms with Gasteiger partial charge in [0.05, 0.1) is 13.7 Å². The van der Waals surface area contributed by atoms with Crippen molar-refractivity contribution in [2.24, 2.45) is 0 Å². The Balaban J connectivity index is 0.000000188. The van der Waals surface area contributed by atoms with Crippen molar-refractivity contribution in [3.63, 3.8) is 0 Å². The fourth-order valence-corrected chi connectivity index (χ4v) is 5.92. The van der Waals surface area contributed by atoms with Crippen molar-refractivity contribution in [3.8, 4) is 22.5 Å². The summed E-state index contributed by atoms with van der Waals surface area (Å²) in [5, 5.41) is 3.82. The van der Waals surface area contributed by atoms with Gasteiger partial charge in [-0.15, -0.1) is 54.1 Å². The molecule has 5 heteroatoms. The maximum Gasteiger partial charge on any atom is 0.120 e. The Morgan fingerprint density at radius 3 is 2.45 bits per heavy atom. The van der Waals surface area contributed by atoms with Crippen molar-refractivity contribution >= 4 is 35.2 Å². The van der Waals surface area contributed by atoms with Crippen LogP contribution in [0.4, 0.5) is 0 Å². The summed E-state index contributed by atoms with van der Waals surface area (Å²) in [7, 11) is -1.36. The van der Waals surface area contributed by atoms with Gasteiger partial charge in [0.25, 0.3) is 0 Å². The summed E-state index contributed by atoms with van der Waals surface area (Å²) in [4.78, 5) is 8.74. The molecule has 3 nitrogen and oxygen atoms in total. The molecule has 3 aromatic carbocycles. The summed E-state index contributed by atoms with van der Waals surface area (Å²) >= 11 is 0. The summed E-state index contributed by atoms with van der Waals surface area (Å²) in [6.45, 7) is 5.04. The first-order valence-electron chi connectivity index (χ1n) is 14.9. The van der Waals surface area contributed by atoms with Gasteiger partial charge >= 0.3 is 0 Å². The van der Waals surface area contributed by atoms with Crippen LogP contribution in [0.1, 0.15) is 34.0 Å². The molecule has 3 heterocycles. The van der Waals surface area contributed by atoms with Crippen LogP contribution in [0.25, 0.3) is 44.5 Å². The molecule has 0 bridgehead atoms. The van der Waals surface area contributed by atoms with Crippen molar-refractivity contribution in [3.05, 3.63) is 115 Å². The Bertz CT molecular complexity index is 1860. The Labute approximate surface area is 255 Å². The van der Waals surface area contributed by atoms with Gasteiger partial charge in [0.2, 0.25) is 0 Å². The fourth-order valence-electron chi connectivity index (χ4n) is 4.76. The first-order valence-corrected chi connectivity index (χ1v) is 16.9. The molecule has 1 aliphatic carbocycles. The summed E-state index contributed by atoms with van der Waals surface area (Å²) in [6.07, 6.45) is 5.90. The van der Waals surface area contributed by atoms with Crippen LogP contribution in [-0.4, -0.2) is 18.0 Å². The third kappa shape index (κ3) is 6.02. The van der Waals surface area contributed by atoms with Gasteiger partial charge in [-0.2, -0.15) is 0 Å². The first-order chi connectivity index (χ1) is 20.1. The number of rotatable bonds is 4. The number of furan rings is 1. The molecular formula is C35H32IrN2OSi-2. The molecule has 0 aliphatic heterocycles. The predicted molar refractivity (Wildman–Crippen MR) is 164 cm³/mol. The van der Waals surface area contributed by atoms with Crippen LogP contribution >= 0.6 is 0 Å². The van der Waals surface area contributed by atoms with E-state index in [1.165, 1.54) is 35.2 Å². The van der Waals surface area contributed by atoms with E-state index in [1.807, 2.05) is 30.5 Å². The minimum Gasteiger partial charge on any atom is -0.501 e. The van der Waals surface area contributed by atoms with Crippen LogP contribution in [0, 0.1) is 19.0 Å².